The van der Waals surface area contributed by atoms with Crippen LogP contribution in [0.25, 0.3) is 11.2 Å². The number of fused-ring (bicyclic) bond motifs is 1. The Bertz CT molecular complexity index is 751. The molecule has 0 unspecified atom stereocenters. The molecule has 0 aromatic carbocycles. The molecule has 0 aliphatic carbocycles. The van der Waals surface area contributed by atoms with Crippen LogP contribution in [0.15, 0.2) is 40.9 Å². The fourth-order valence-corrected chi connectivity index (χ4v) is 2.38. The largest absolute Gasteiger partial charge is 0.382 e. The van der Waals surface area contributed by atoms with E-state index in [9.17, 15) is 0 Å². The summed E-state index contributed by atoms with van der Waals surface area (Å²) >= 11 is 1.37. The molecule has 0 saturated heterocycles. The van der Waals surface area contributed by atoms with E-state index in [0.29, 0.717) is 16.4 Å². The summed E-state index contributed by atoms with van der Waals surface area (Å²) in [6.45, 7) is 0. The van der Waals surface area contributed by atoms with Gasteiger partial charge in [0.05, 0.1) is 6.33 Å². The zero-order valence-electron chi connectivity index (χ0n) is 9.66. The van der Waals surface area contributed by atoms with Crippen molar-refractivity contribution in [2.24, 2.45) is 5.73 Å². The molecule has 19 heavy (non-hydrogen) atoms. The number of pyridine rings is 1. The number of H-pyrrole nitrogens is 1. The standard InChI is InChI=1S/C11H9N7S/c12-9(13)6-2-1-3-7(18-6)19-11-8-10(15-4-14-8)16-5-17-11/h1-5H,(H3,12,13)(H,14,15,16,17). The third-order valence-electron chi connectivity index (χ3n) is 2.39. The van der Waals surface area contributed by atoms with Crippen molar-refractivity contribution in [1.82, 2.24) is 24.9 Å². The Balaban J connectivity index is 1.99. The first kappa shape index (κ1) is 11.6. The minimum Gasteiger partial charge on any atom is -0.382 e. The van der Waals surface area contributed by atoms with Crippen LogP contribution in [-0.4, -0.2) is 30.8 Å². The molecular weight excluding hydrogens is 262 g/mol. The van der Waals surface area contributed by atoms with Gasteiger partial charge in [-0.15, -0.1) is 0 Å². The van der Waals surface area contributed by atoms with E-state index in [2.05, 4.69) is 24.9 Å². The van der Waals surface area contributed by atoms with Crippen LogP contribution < -0.4 is 5.73 Å². The second-order valence-corrected chi connectivity index (χ2v) is 4.67. The van der Waals surface area contributed by atoms with Gasteiger partial charge >= 0.3 is 0 Å². The van der Waals surface area contributed by atoms with Crippen molar-refractivity contribution >= 4 is 28.8 Å². The molecule has 0 atom stereocenters. The molecule has 0 aliphatic rings. The molecule has 3 heterocycles. The Morgan fingerprint density at radius 2 is 2.16 bits per heavy atom. The SMILES string of the molecule is N=C(N)c1cccc(Sc2ncnc3nc[nH]c23)n1. The van der Waals surface area contributed by atoms with E-state index in [1.165, 1.54) is 18.1 Å². The molecule has 0 aliphatic heterocycles. The summed E-state index contributed by atoms with van der Waals surface area (Å²) in [7, 11) is 0. The fourth-order valence-electron chi connectivity index (χ4n) is 1.54. The summed E-state index contributed by atoms with van der Waals surface area (Å²) < 4.78 is 0. The van der Waals surface area contributed by atoms with Gasteiger partial charge in [-0.2, -0.15) is 0 Å². The maximum absolute atomic E-state index is 7.38. The van der Waals surface area contributed by atoms with Gasteiger partial charge in [0.1, 0.15) is 33.4 Å². The first-order valence-electron chi connectivity index (χ1n) is 5.37. The quantitative estimate of drug-likeness (QED) is 0.374. The van der Waals surface area contributed by atoms with E-state index in [0.717, 1.165) is 10.5 Å². The van der Waals surface area contributed by atoms with Crippen molar-refractivity contribution < 1.29 is 0 Å². The number of hydrogen-bond donors (Lipinski definition) is 3. The summed E-state index contributed by atoms with van der Waals surface area (Å²) in [5.74, 6) is -0.0585. The number of nitrogens with one attached hydrogen (secondary N) is 2. The van der Waals surface area contributed by atoms with Crippen molar-refractivity contribution in [3.05, 3.63) is 36.5 Å². The number of aromatic amines is 1. The molecule has 7 nitrogen and oxygen atoms in total. The van der Waals surface area contributed by atoms with Crippen molar-refractivity contribution in [1.29, 1.82) is 5.41 Å². The molecular formula is C11H9N7S. The summed E-state index contributed by atoms with van der Waals surface area (Å²) in [5, 5.41) is 8.82. The molecule has 8 heteroatoms. The number of hydrogen-bond acceptors (Lipinski definition) is 6. The minimum atomic E-state index is -0.0585. The van der Waals surface area contributed by atoms with Crippen molar-refractivity contribution in [3.8, 4) is 0 Å². The normalized spacial score (nSPS) is 10.7. The van der Waals surface area contributed by atoms with Crippen molar-refractivity contribution in [3.63, 3.8) is 0 Å². The Labute approximate surface area is 112 Å². The topological polar surface area (TPSA) is 117 Å². The molecule has 0 radical (unpaired) electrons. The van der Waals surface area contributed by atoms with Crippen LogP contribution in [0, 0.1) is 5.41 Å². The molecule has 3 aromatic heterocycles. The smallest absolute Gasteiger partial charge is 0.181 e. The van der Waals surface area contributed by atoms with Crippen LogP contribution in [0.1, 0.15) is 5.69 Å². The van der Waals surface area contributed by atoms with Gasteiger partial charge in [-0.25, -0.2) is 19.9 Å². The molecule has 0 saturated carbocycles. The van der Waals surface area contributed by atoms with Crippen molar-refractivity contribution in [2.45, 2.75) is 10.1 Å². The van der Waals surface area contributed by atoms with Gasteiger partial charge in [0.2, 0.25) is 0 Å². The van der Waals surface area contributed by atoms with Crippen LogP contribution in [0.2, 0.25) is 0 Å². The van der Waals surface area contributed by atoms with E-state index < -0.39 is 0 Å². The Morgan fingerprint density at radius 3 is 3.00 bits per heavy atom. The van der Waals surface area contributed by atoms with Gasteiger partial charge in [-0.1, -0.05) is 6.07 Å². The van der Waals surface area contributed by atoms with Gasteiger partial charge in [0, 0.05) is 0 Å². The molecule has 0 amide bonds. The number of nitrogens with zero attached hydrogens (tertiary/aromatic N) is 4. The summed E-state index contributed by atoms with van der Waals surface area (Å²) in [6, 6.07) is 5.33. The monoisotopic (exact) mass is 271 g/mol. The lowest BCUT2D eigenvalue weighted by Gasteiger charge is -2.03. The Kier molecular flexibility index (Phi) is 2.84. The third kappa shape index (κ3) is 2.25. The first-order chi connectivity index (χ1) is 9.24. The average molecular weight is 271 g/mol. The van der Waals surface area contributed by atoms with E-state index in [4.69, 9.17) is 11.1 Å². The molecule has 94 valence electrons. The third-order valence-corrected chi connectivity index (χ3v) is 3.33. The van der Waals surface area contributed by atoms with Gasteiger partial charge in [0.25, 0.3) is 0 Å². The zero-order valence-corrected chi connectivity index (χ0v) is 10.5. The van der Waals surface area contributed by atoms with Crippen LogP contribution in [-0.2, 0) is 0 Å². The fraction of sp³-hybridized carbons (Fsp3) is 0. The lowest BCUT2D eigenvalue weighted by atomic mass is 10.3. The van der Waals surface area contributed by atoms with Gasteiger partial charge in [-0.05, 0) is 23.9 Å². The van der Waals surface area contributed by atoms with E-state index in [1.54, 1.807) is 18.5 Å². The second-order valence-electron chi connectivity index (χ2n) is 3.66. The first-order valence-corrected chi connectivity index (χ1v) is 6.19. The lowest BCUT2D eigenvalue weighted by Crippen LogP contribution is -2.13. The highest BCUT2D eigenvalue weighted by Crippen LogP contribution is 2.28. The molecule has 0 bridgehead atoms. The molecule has 3 aromatic rings. The maximum atomic E-state index is 7.38. The van der Waals surface area contributed by atoms with Gasteiger partial charge in [0.15, 0.2) is 5.65 Å². The maximum Gasteiger partial charge on any atom is 0.181 e. The molecule has 0 fully saturated rings. The number of amidine groups is 1. The van der Waals surface area contributed by atoms with Gasteiger partial charge < -0.3 is 10.7 Å². The second kappa shape index (κ2) is 4.65. The summed E-state index contributed by atoms with van der Waals surface area (Å²) in [5.41, 5.74) is 7.24. The zero-order chi connectivity index (χ0) is 13.2. The van der Waals surface area contributed by atoms with E-state index in [-0.39, 0.29) is 5.84 Å². The average Bonchev–Trinajstić information content (AvgIpc) is 2.88. The van der Waals surface area contributed by atoms with Crippen LogP contribution in [0.5, 0.6) is 0 Å². The number of nitrogens with two attached hydrogens (primary N) is 1. The highest BCUT2D eigenvalue weighted by Gasteiger charge is 2.09. The molecule has 3 rings (SSSR count). The Morgan fingerprint density at radius 1 is 1.26 bits per heavy atom. The number of aromatic nitrogens is 5. The van der Waals surface area contributed by atoms with Crippen LogP contribution >= 0.6 is 11.8 Å². The molecule has 0 spiro atoms. The number of nitrogen functional groups attached to an aromatic ring is 1. The lowest BCUT2D eigenvalue weighted by molar-refractivity contribution is 1.06. The van der Waals surface area contributed by atoms with Crippen molar-refractivity contribution in [2.75, 3.05) is 0 Å². The van der Waals surface area contributed by atoms with Crippen LogP contribution in [0.4, 0.5) is 0 Å². The highest BCUT2D eigenvalue weighted by molar-refractivity contribution is 7.99. The summed E-state index contributed by atoms with van der Waals surface area (Å²) in [6.07, 6.45) is 3.03. The van der Waals surface area contributed by atoms with E-state index >= 15 is 0 Å². The minimum absolute atomic E-state index is 0.0585. The predicted octanol–water partition coefficient (Wildman–Crippen LogP) is 1.18. The van der Waals surface area contributed by atoms with Gasteiger partial charge in [-0.3, -0.25) is 5.41 Å². The highest BCUT2D eigenvalue weighted by atomic mass is 32.2. The number of rotatable bonds is 3. The Hall–Kier alpha value is -2.48. The predicted molar refractivity (Wildman–Crippen MR) is 71.1 cm³/mol. The number of imidazole rings is 1. The summed E-state index contributed by atoms with van der Waals surface area (Å²) in [4.78, 5) is 19.6. The molecule has 4 N–H and O–H groups in total. The van der Waals surface area contributed by atoms with E-state index in [1.807, 2.05) is 6.07 Å². The van der Waals surface area contributed by atoms with Crippen LogP contribution in [0.3, 0.4) is 0 Å².